The van der Waals surface area contributed by atoms with Gasteiger partial charge in [-0.15, -0.1) is 0 Å². The van der Waals surface area contributed by atoms with Gasteiger partial charge in [-0.3, -0.25) is 10.5 Å². The van der Waals surface area contributed by atoms with E-state index in [2.05, 4.69) is 4.74 Å². The maximum atomic E-state index is 10.7. The average molecular weight is 175 g/mol. The zero-order valence-electron chi connectivity index (χ0n) is 7.37. The maximum Gasteiger partial charge on any atom is 0.357 e. The van der Waals surface area contributed by atoms with Gasteiger partial charge in [-0.05, 0) is 20.8 Å². The summed E-state index contributed by atoms with van der Waals surface area (Å²) in [6, 6.07) is 0. The second-order valence-corrected chi connectivity index (χ2v) is 3.18. The lowest BCUT2D eigenvalue weighted by Gasteiger charge is -2.22. The lowest BCUT2D eigenvalue weighted by atomic mass is 10.2. The summed E-state index contributed by atoms with van der Waals surface area (Å²) in [6.07, 6.45) is -1.21. The molecule has 5 heteroatoms. The number of carbonyl (C=O) groups excluding carboxylic acids is 2. The van der Waals surface area contributed by atoms with Gasteiger partial charge in [-0.25, -0.2) is 4.79 Å². The first-order valence-corrected chi connectivity index (χ1v) is 3.44. The van der Waals surface area contributed by atoms with Crippen molar-refractivity contribution in [2.24, 2.45) is 5.73 Å². The van der Waals surface area contributed by atoms with E-state index in [-0.39, 0.29) is 6.47 Å². The third-order valence-electron chi connectivity index (χ3n) is 0.877. The molecular weight excluding hydrogens is 162 g/mol. The molecule has 0 saturated heterocycles. The number of rotatable bonds is 3. The fraction of sp³-hybridized carbons (Fsp3) is 0.714. The first-order valence-electron chi connectivity index (χ1n) is 3.44. The topological polar surface area (TPSA) is 78.6 Å². The van der Waals surface area contributed by atoms with Crippen molar-refractivity contribution < 1.29 is 19.1 Å². The van der Waals surface area contributed by atoms with Crippen molar-refractivity contribution >= 4 is 12.4 Å². The molecule has 1 unspecified atom stereocenters. The van der Waals surface area contributed by atoms with Crippen molar-refractivity contribution in [3.05, 3.63) is 0 Å². The van der Waals surface area contributed by atoms with Crippen LogP contribution in [0, 0.1) is 0 Å². The van der Waals surface area contributed by atoms with Gasteiger partial charge in [0.15, 0.2) is 0 Å². The zero-order valence-corrected chi connectivity index (χ0v) is 7.37. The molecular formula is C7H13NO4. The van der Waals surface area contributed by atoms with Crippen LogP contribution >= 0.6 is 0 Å². The summed E-state index contributed by atoms with van der Waals surface area (Å²) < 4.78 is 8.98. The van der Waals surface area contributed by atoms with E-state index < -0.39 is 17.8 Å². The summed E-state index contributed by atoms with van der Waals surface area (Å²) in [7, 11) is 0. The normalized spacial score (nSPS) is 13.7. The van der Waals surface area contributed by atoms with E-state index in [0.717, 1.165) is 0 Å². The Balaban J connectivity index is 3.95. The number of nitrogens with two attached hydrogens (primary N) is 1. The van der Waals surface area contributed by atoms with Crippen LogP contribution < -0.4 is 5.73 Å². The van der Waals surface area contributed by atoms with Gasteiger partial charge >= 0.3 is 12.4 Å². The zero-order chi connectivity index (χ0) is 9.78. The highest BCUT2D eigenvalue weighted by molar-refractivity contribution is 5.79. The number of carbonyl (C=O) groups is 2. The Bertz CT molecular complexity index is 173. The molecule has 0 radical (unpaired) electrons. The van der Waals surface area contributed by atoms with E-state index in [9.17, 15) is 9.59 Å². The van der Waals surface area contributed by atoms with Crippen LogP contribution in [0.1, 0.15) is 20.8 Å². The molecule has 0 saturated carbocycles. The van der Waals surface area contributed by atoms with Crippen molar-refractivity contribution in [2.45, 2.75) is 32.6 Å². The minimum atomic E-state index is -1.21. The summed E-state index contributed by atoms with van der Waals surface area (Å²) in [5.41, 5.74) is 4.69. The third-order valence-corrected chi connectivity index (χ3v) is 0.877. The summed E-state index contributed by atoms with van der Waals surface area (Å²) in [5, 5.41) is 0. The van der Waals surface area contributed by atoms with Gasteiger partial charge in [-0.1, -0.05) is 0 Å². The van der Waals surface area contributed by atoms with Crippen molar-refractivity contribution in [1.29, 1.82) is 0 Å². The molecule has 12 heavy (non-hydrogen) atoms. The molecule has 0 aliphatic heterocycles. The van der Waals surface area contributed by atoms with Gasteiger partial charge in [0.05, 0.1) is 5.60 Å². The fourth-order valence-corrected chi connectivity index (χ4v) is 0.543. The maximum absolute atomic E-state index is 10.7. The van der Waals surface area contributed by atoms with Crippen LogP contribution in [0.25, 0.3) is 0 Å². The average Bonchev–Trinajstić information content (AvgIpc) is 1.84. The second-order valence-electron chi connectivity index (χ2n) is 3.18. The molecule has 0 rings (SSSR count). The highest BCUT2D eigenvalue weighted by atomic mass is 16.6. The van der Waals surface area contributed by atoms with Crippen LogP contribution in [0.15, 0.2) is 0 Å². The molecule has 0 fully saturated rings. The van der Waals surface area contributed by atoms with Crippen molar-refractivity contribution in [1.82, 2.24) is 0 Å². The summed E-state index contributed by atoms with van der Waals surface area (Å²) in [5.74, 6) is -0.889. The Kier molecular flexibility index (Phi) is 3.85. The van der Waals surface area contributed by atoms with Crippen LogP contribution in [-0.2, 0) is 19.1 Å². The molecule has 0 spiro atoms. The molecule has 5 nitrogen and oxygen atoms in total. The Morgan fingerprint density at radius 2 is 2.00 bits per heavy atom. The highest BCUT2D eigenvalue weighted by Gasteiger charge is 2.22. The molecule has 1 atom stereocenters. The van der Waals surface area contributed by atoms with Crippen LogP contribution in [0.4, 0.5) is 0 Å². The standard InChI is InChI=1S/C7H13NO4/c1-7(2,3)12-5(8)6(10)11-4-9/h4-5H,8H2,1-3H3. The van der Waals surface area contributed by atoms with E-state index in [1.807, 2.05) is 0 Å². The molecule has 0 aliphatic rings. The molecule has 2 N–H and O–H groups in total. The second kappa shape index (κ2) is 4.18. The van der Waals surface area contributed by atoms with Crippen LogP contribution in [0.3, 0.4) is 0 Å². The van der Waals surface area contributed by atoms with E-state index >= 15 is 0 Å². The van der Waals surface area contributed by atoms with E-state index in [0.29, 0.717) is 0 Å². The van der Waals surface area contributed by atoms with Gasteiger partial charge in [0.1, 0.15) is 0 Å². The van der Waals surface area contributed by atoms with E-state index in [4.69, 9.17) is 10.5 Å². The lowest BCUT2D eigenvalue weighted by Crippen LogP contribution is -2.40. The highest BCUT2D eigenvalue weighted by Crippen LogP contribution is 2.08. The molecule has 0 aromatic heterocycles. The Hall–Kier alpha value is -0.940. The van der Waals surface area contributed by atoms with Gasteiger partial charge in [0.25, 0.3) is 0 Å². The fourth-order valence-electron chi connectivity index (χ4n) is 0.543. The predicted molar refractivity (Wildman–Crippen MR) is 41.0 cm³/mol. The molecule has 0 bridgehead atoms. The SMILES string of the molecule is CC(C)(C)OC(N)C(=O)OC=O. The Morgan fingerprint density at radius 1 is 1.50 bits per heavy atom. The largest absolute Gasteiger partial charge is 0.393 e. The predicted octanol–water partition coefficient (Wildman–Crippen LogP) is -0.214. The van der Waals surface area contributed by atoms with Gasteiger partial charge < -0.3 is 9.47 Å². The molecule has 0 aromatic carbocycles. The van der Waals surface area contributed by atoms with Crippen molar-refractivity contribution in [3.63, 3.8) is 0 Å². The monoisotopic (exact) mass is 175 g/mol. The number of hydrogen-bond acceptors (Lipinski definition) is 5. The summed E-state index contributed by atoms with van der Waals surface area (Å²) in [6.45, 7) is 5.23. The van der Waals surface area contributed by atoms with Gasteiger partial charge in [0, 0.05) is 0 Å². The Labute approximate surface area is 70.8 Å². The minimum absolute atomic E-state index is 0.0220. The van der Waals surface area contributed by atoms with Gasteiger partial charge in [0.2, 0.25) is 6.23 Å². The molecule has 0 heterocycles. The minimum Gasteiger partial charge on any atom is -0.393 e. The van der Waals surface area contributed by atoms with E-state index in [1.165, 1.54) is 0 Å². The first-order chi connectivity index (χ1) is 5.37. The third kappa shape index (κ3) is 4.81. The van der Waals surface area contributed by atoms with Crippen LogP contribution in [0.5, 0.6) is 0 Å². The number of esters is 1. The van der Waals surface area contributed by atoms with Gasteiger partial charge in [-0.2, -0.15) is 0 Å². The van der Waals surface area contributed by atoms with E-state index in [1.54, 1.807) is 20.8 Å². The van der Waals surface area contributed by atoms with Crippen LogP contribution in [0.2, 0.25) is 0 Å². The van der Waals surface area contributed by atoms with Crippen LogP contribution in [-0.4, -0.2) is 24.3 Å². The summed E-state index contributed by atoms with van der Waals surface area (Å²) in [4.78, 5) is 20.4. The van der Waals surface area contributed by atoms with Crippen molar-refractivity contribution in [2.75, 3.05) is 0 Å². The molecule has 0 aromatic rings. The smallest absolute Gasteiger partial charge is 0.357 e. The van der Waals surface area contributed by atoms with Crippen molar-refractivity contribution in [3.8, 4) is 0 Å². The Morgan fingerprint density at radius 3 is 2.33 bits per heavy atom. The molecule has 70 valence electrons. The summed E-state index contributed by atoms with van der Waals surface area (Å²) >= 11 is 0. The first kappa shape index (κ1) is 11.1. The quantitative estimate of drug-likeness (QED) is 0.278. The number of hydrogen-bond donors (Lipinski definition) is 1. The lowest BCUT2D eigenvalue weighted by molar-refractivity contribution is -0.168. The number of ether oxygens (including phenoxy) is 2. The molecule has 0 aliphatic carbocycles. The molecule has 0 amide bonds.